The zero-order chi connectivity index (χ0) is 19.2. The van der Waals surface area contributed by atoms with E-state index in [1.807, 2.05) is 25.1 Å². The number of esters is 1. The van der Waals surface area contributed by atoms with Crippen molar-refractivity contribution in [1.82, 2.24) is 4.98 Å². The molecule has 0 aliphatic rings. The number of aromatic amines is 1. The third-order valence-corrected chi connectivity index (χ3v) is 4.20. The molecule has 1 aromatic heterocycles. The molecular weight excluding hydrogens is 344 g/mol. The Morgan fingerprint density at radius 3 is 2.70 bits per heavy atom. The number of unbranched alkanes of at least 4 members (excludes halogenated alkanes) is 1. The molecular formula is C21H22N2O4. The molecule has 3 aromatic rings. The highest BCUT2D eigenvalue weighted by molar-refractivity contribution is 6.09. The van der Waals surface area contributed by atoms with Crippen LogP contribution in [0.15, 0.2) is 48.5 Å². The lowest BCUT2D eigenvalue weighted by atomic mass is 10.1. The number of para-hydroxylation sites is 1. The quantitative estimate of drug-likeness (QED) is 0.480. The number of benzene rings is 2. The molecule has 2 N–H and O–H groups in total. The molecule has 6 nitrogen and oxygen atoms in total. The first-order valence-electron chi connectivity index (χ1n) is 8.86. The fraction of sp³-hybridized carbons (Fsp3) is 0.238. The van der Waals surface area contributed by atoms with Crippen LogP contribution in [0.25, 0.3) is 10.9 Å². The van der Waals surface area contributed by atoms with E-state index in [4.69, 9.17) is 9.47 Å². The average molecular weight is 366 g/mol. The van der Waals surface area contributed by atoms with Crippen LogP contribution in [0.4, 0.5) is 5.69 Å². The normalized spacial score (nSPS) is 10.6. The average Bonchev–Trinajstić information content (AvgIpc) is 3.12. The summed E-state index contributed by atoms with van der Waals surface area (Å²) in [6.45, 7) is 2.39. The summed E-state index contributed by atoms with van der Waals surface area (Å²) in [6.07, 6.45) is 1.75. The first-order chi connectivity index (χ1) is 13.1. The molecule has 0 unspecified atom stereocenters. The van der Waals surface area contributed by atoms with Gasteiger partial charge in [-0.3, -0.25) is 4.79 Å². The molecule has 0 radical (unpaired) electrons. The Kier molecular flexibility index (Phi) is 5.76. The van der Waals surface area contributed by atoms with Gasteiger partial charge in [-0.15, -0.1) is 0 Å². The van der Waals surface area contributed by atoms with Gasteiger partial charge in [-0.1, -0.05) is 25.5 Å². The van der Waals surface area contributed by atoms with Gasteiger partial charge in [0.1, 0.15) is 11.4 Å². The topological polar surface area (TPSA) is 80.4 Å². The molecule has 0 fully saturated rings. The van der Waals surface area contributed by atoms with Crippen molar-refractivity contribution in [3.63, 3.8) is 0 Å². The minimum absolute atomic E-state index is 0.333. The highest BCUT2D eigenvalue weighted by Crippen LogP contribution is 2.23. The van der Waals surface area contributed by atoms with Crippen molar-refractivity contribution in [3.05, 3.63) is 59.8 Å². The number of carbonyl (C=O) groups is 2. The smallest absolute Gasteiger partial charge is 0.340 e. The zero-order valence-corrected chi connectivity index (χ0v) is 15.4. The Bertz CT molecular complexity index is 962. The summed E-state index contributed by atoms with van der Waals surface area (Å²) in [5.41, 5.74) is 1.97. The Balaban J connectivity index is 1.79. The van der Waals surface area contributed by atoms with Crippen molar-refractivity contribution in [2.75, 3.05) is 19.0 Å². The SMILES string of the molecule is CCCCOC(=O)c1ccccc1NC(=O)c1cc2cc(OC)ccc2[nH]1. The number of hydrogen-bond acceptors (Lipinski definition) is 4. The maximum absolute atomic E-state index is 12.6. The highest BCUT2D eigenvalue weighted by Gasteiger charge is 2.16. The molecule has 0 aliphatic heterocycles. The Morgan fingerprint density at radius 1 is 1.11 bits per heavy atom. The number of methoxy groups -OCH3 is 1. The van der Waals surface area contributed by atoms with E-state index in [2.05, 4.69) is 10.3 Å². The van der Waals surface area contributed by atoms with Gasteiger partial charge in [0, 0.05) is 10.9 Å². The van der Waals surface area contributed by atoms with Crippen LogP contribution in [0.1, 0.15) is 40.6 Å². The molecule has 0 aliphatic carbocycles. The van der Waals surface area contributed by atoms with Crippen LogP contribution in [-0.4, -0.2) is 30.6 Å². The molecule has 1 heterocycles. The summed E-state index contributed by atoms with van der Waals surface area (Å²) in [6, 6.07) is 14.1. The number of nitrogens with one attached hydrogen (secondary N) is 2. The molecule has 3 rings (SSSR count). The number of anilines is 1. The summed E-state index contributed by atoms with van der Waals surface area (Å²) in [5, 5.41) is 3.65. The minimum Gasteiger partial charge on any atom is -0.497 e. The van der Waals surface area contributed by atoms with Gasteiger partial charge in [0.25, 0.3) is 5.91 Å². The van der Waals surface area contributed by atoms with Crippen molar-refractivity contribution in [2.24, 2.45) is 0 Å². The van der Waals surface area contributed by atoms with Crippen LogP contribution in [0.2, 0.25) is 0 Å². The second-order valence-electron chi connectivity index (χ2n) is 6.13. The van der Waals surface area contributed by atoms with Crippen LogP contribution >= 0.6 is 0 Å². The standard InChI is InChI=1S/C21H22N2O4/c1-3-4-11-27-21(25)16-7-5-6-8-18(16)23-20(24)19-13-14-12-15(26-2)9-10-17(14)22-19/h5-10,12-13,22H,3-4,11H2,1-2H3,(H,23,24). The van der Waals surface area contributed by atoms with E-state index in [1.165, 1.54) is 0 Å². The van der Waals surface area contributed by atoms with Crippen LogP contribution in [0.5, 0.6) is 5.75 Å². The van der Waals surface area contributed by atoms with E-state index in [9.17, 15) is 9.59 Å². The van der Waals surface area contributed by atoms with E-state index in [-0.39, 0.29) is 5.91 Å². The van der Waals surface area contributed by atoms with Crippen LogP contribution < -0.4 is 10.1 Å². The molecule has 27 heavy (non-hydrogen) atoms. The van der Waals surface area contributed by atoms with Gasteiger partial charge in [-0.25, -0.2) is 4.79 Å². The van der Waals surface area contributed by atoms with Crippen LogP contribution in [0, 0.1) is 0 Å². The first-order valence-corrected chi connectivity index (χ1v) is 8.86. The van der Waals surface area contributed by atoms with Gasteiger partial charge in [-0.05, 0) is 42.8 Å². The van der Waals surface area contributed by atoms with Crippen molar-refractivity contribution in [2.45, 2.75) is 19.8 Å². The summed E-state index contributed by atoms with van der Waals surface area (Å²) in [4.78, 5) is 28.0. The molecule has 0 bridgehead atoms. The third-order valence-electron chi connectivity index (χ3n) is 4.20. The van der Waals surface area contributed by atoms with Gasteiger partial charge in [0.2, 0.25) is 0 Å². The molecule has 6 heteroatoms. The number of rotatable bonds is 7. The highest BCUT2D eigenvalue weighted by atomic mass is 16.5. The van der Waals surface area contributed by atoms with E-state index in [0.717, 1.165) is 23.7 Å². The number of H-pyrrole nitrogens is 1. The lowest BCUT2D eigenvalue weighted by Gasteiger charge is -2.10. The fourth-order valence-electron chi connectivity index (χ4n) is 2.71. The summed E-state index contributed by atoms with van der Waals surface area (Å²) < 4.78 is 10.5. The Labute approximate surface area is 157 Å². The predicted octanol–water partition coefficient (Wildman–Crippen LogP) is 4.39. The van der Waals surface area contributed by atoms with Crippen LogP contribution in [-0.2, 0) is 4.74 Å². The molecule has 0 atom stereocenters. The van der Waals surface area contributed by atoms with Gasteiger partial charge >= 0.3 is 5.97 Å². The van der Waals surface area contributed by atoms with E-state index >= 15 is 0 Å². The monoisotopic (exact) mass is 366 g/mol. The van der Waals surface area contributed by atoms with Crippen LogP contribution in [0.3, 0.4) is 0 Å². The fourth-order valence-corrected chi connectivity index (χ4v) is 2.71. The van der Waals surface area contributed by atoms with E-state index in [0.29, 0.717) is 29.3 Å². The van der Waals surface area contributed by atoms with E-state index < -0.39 is 5.97 Å². The largest absolute Gasteiger partial charge is 0.497 e. The number of amides is 1. The minimum atomic E-state index is -0.444. The molecule has 1 amide bonds. The lowest BCUT2D eigenvalue weighted by Crippen LogP contribution is -2.16. The summed E-state index contributed by atoms with van der Waals surface area (Å²) >= 11 is 0. The lowest BCUT2D eigenvalue weighted by molar-refractivity contribution is 0.0501. The summed E-state index contributed by atoms with van der Waals surface area (Å²) in [7, 11) is 1.60. The molecule has 2 aromatic carbocycles. The van der Waals surface area contributed by atoms with Gasteiger partial charge in [0.05, 0.1) is 25.0 Å². The Hall–Kier alpha value is -3.28. The second kappa shape index (κ2) is 8.40. The second-order valence-corrected chi connectivity index (χ2v) is 6.13. The number of aromatic nitrogens is 1. The number of carbonyl (C=O) groups excluding carboxylic acids is 2. The third kappa shape index (κ3) is 4.28. The summed E-state index contributed by atoms with van der Waals surface area (Å²) in [5.74, 6) is -0.0617. The van der Waals surface area contributed by atoms with Gasteiger partial charge in [0.15, 0.2) is 0 Å². The number of fused-ring (bicyclic) bond motifs is 1. The zero-order valence-electron chi connectivity index (χ0n) is 15.4. The molecule has 0 saturated carbocycles. The van der Waals surface area contributed by atoms with Gasteiger partial charge < -0.3 is 19.8 Å². The molecule has 0 spiro atoms. The van der Waals surface area contributed by atoms with Gasteiger partial charge in [-0.2, -0.15) is 0 Å². The van der Waals surface area contributed by atoms with Crippen molar-refractivity contribution in [1.29, 1.82) is 0 Å². The van der Waals surface area contributed by atoms with Crippen molar-refractivity contribution in [3.8, 4) is 5.75 Å². The predicted molar refractivity (Wildman–Crippen MR) is 104 cm³/mol. The molecule has 0 saturated heterocycles. The number of ether oxygens (including phenoxy) is 2. The maximum Gasteiger partial charge on any atom is 0.340 e. The van der Waals surface area contributed by atoms with Crippen molar-refractivity contribution >= 4 is 28.5 Å². The van der Waals surface area contributed by atoms with Crippen molar-refractivity contribution < 1.29 is 19.1 Å². The maximum atomic E-state index is 12.6. The first kappa shape index (κ1) is 18.5. The van der Waals surface area contributed by atoms with E-state index in [1.54, 1.807) is 37.4 Å². The number of hydrogen-bond donors (Lipinski definition) is 2. The Morgan fingerprint density at radius 2 is 1.93 bits per heavy atom. The molecule has 140 valence electrons.